The summed E-state index contributed by atoms with van der Waals surface area (Å²) in [5.41, 5.74) is 2.72. The van der Waals surface area contributed by atoms with Crippen LogP contribution in [0.5, 0.6) is 0 Å². The van der Waals surface area contributed by atoms with Crippen molar-refractivity contribution in [1.29, 1.82) is 0 Å². The molecule has 0 radical (unpaired) electrons. The van der Waals surface area contributed by atoms with Gasteiger partial charge < -0.3 is 15.4 Å². The van der Waals surface area contributed by atoms with E-state index in [9.17, 15) is 0 Å². The van der Waals surface area contributed by atoms with Gasteiger partial charge >= 0.3 is 0 Å². The molecular weight excluding hydrogens is 334 g/mol. The summed E-state index contributed by atoms with van der Waals surface area (Å²) in [4.78, 5) is 4.28. The Morgan fingerprint density at radius 3 is 1.96 bits per heavy atom. The normalized spacial score (nSPS) is 11.4. The molecule has 0 heterocycles. The van der Waals surface area contributed by atoms with Gasteiger partial charge in [-0.05, 0) is 43.2 Å². The van der Waals surface area contributed by atoms with Gasteiger partial charge in [-0.2, -0.15) is 0 Å². The zero-order valence-electron chi connectivity index (χ0n) is 16.5. The molecule has 0 amide bonds. The van der Waals surface area contributed by atoms with Crippen molar-refractivity contribution >= 4 is 5.96 Å². The molecule has 27 heavy (non-hydrogen) atoms. The van der Waals surface area contributed by atoms with Crippen LogP contribution in [0.3, 0.4) is 0 Å². The molecule has 146 valence electrons. The molecule has 0 aliphatic carbocycles. The van der Waals surface area contributed by atoms with Crippen molar-refractivity contribution in [2.45, 2.75) is 32.1 Å². The van der Waals surface area contributed by atoms with Crippen LogP contribution in [0.15, 0.2) is 65.7 Å². The molecule has 0 spiro atoms. The summed E-state index contributed by atoms with van der Waals surface area (Å²) in [6, 6.07) is 21.1. The summed E-state index contributed by atoms with van der Waals surface area (Å²) in [7, 11) is 1.82. The van der Waals surface area contributed by atoms with Gasteiger partial charge in [0.15, 0.2) is 5.96 Å². The topological polar surface area (TPSA) is 45.7 Å². The fraction of sp³-hybridized carbons (Fsp3) is 0.435. The number of rotatable bonds is 12. The van der Waals surface area contributed by atoms with Gasteiger partial charge in [-0.3, -0.25) is 4.99 Å². The van der Waals surface area contributed by atoms with Crippen molar-refractivity contribution in [2.75, 3.05) is 33.4 Å². The van der Waals surface area contributed by atoms with Crippen molar-refractivity contribution in [3.05, 3.63) is 71.8 Å². The third kappa shape index (κ3) is 9.80. The molecule has 0 bridgehead atoms. The largest absolute Gasteiger partial charge is 0.381 e. The van der Waals surface area contributed by atoms with E-state index in [0.717, 1.165) is 64.4 Å². The molecule has 0 aliphatic rings. The van der Waals surface area contributed by atoms with Crippen LogP contribution >= 0.6 is 0 Å². The highest BCUT2D eigenvalue weighted by molar-refractivity contribution is 5.79. The smallest absolute Gasteiger partial charge is 0.190 e. The number of aryl methyl sites for hydroxylation is 1. The van der Waals surface area contributed by atoms with Crippen LogP contribution in [0, 0.1) is 0 Å². The van der Waals surface area contributed by atoms with E-state index in [1.54, 1.807) is 0 Å². The van der Waals surface area contributed by atoms with Crippen LogP contribution in [0.4, 0.5) is 0 Å². The molecular formula is C23H33N3O. The first-order valence-corrected chi connectivity index (χ1v) is 9.98. The number of hydrogen-bond acceptors (Lipinski definition) is 2. The minimum Gasteiger partial charge on any atom is -0.381 e. The maximum absolute atomic E-state index is 5.72. The third-order valence-electron chi connectivity index (χ3n) is 4.39. The number of nitrogens with one attached hydrogen (secondary N) is 2. The standard InChI is InChI=1S/C23H33N3O/c1-24-23(26-18-10-15-21-11-4-2-5-12-21)25-17-8-9-19-27-20-16-22-13-6-3-7-14-22/h2-7,11-14H,8-10,15-20H2,1H3,(H2,24,25,26). The van der Waals surface area contributed by atoms with Gasteiger partial charge in [0, 0.05) is 26.7 Å². The second kappa shape index (κ2) is 13.8. The van der Waals surface area contributed by atoms with Gasteiger partial charge in [0.2, 0.25) is 0 Å². The van der Waals surface area contributed by atoms with Crippen molar-refractivity contribution in [3.8, 4) is 0 Å². The first kappa shape index (κ1) is 21.0. The van der Waals surface area contributed by atoms with Gasteiger partial charge in [0.25, 0.3) is 0 Å². The van der Waals surface area contributed by atoms with E-state index in [1.807, 2.05) is 13.1 Å². The van der Waals surface area contributed by atoms with Gasteiger partial charge in [-0.1, -0.05) is 60.7 Å². The molecule has 0 unspecified atom stereocenters. The fourth-order valence-corrected chi connectivity index (χ4v) is 2.84. The molecule has 0 atom stereocenters. The van der Waals surface area contributed by atoms with Crippen molar-refractivity contribution in [1.82, 2.24) is 10.6 Å². The maximum Gasteiger partial charge on any atom is 0.190 e. The number of unbranched alkanes of at least 4 members (excludes halogenated alkanes) is 1. The lowest BCUT2D eigenvalue weighted by molar-refractivity contribution is 0.133. The second-order valence-electron chi connectivity index (χ2n) is 6.57. The lowest BCUT2D eigenvalue weighted by Gasteiger charge is -2.12. The number of aliphatic imine (C=N–C) groups is 1. The number of guanidine groups is 1. The van der Waals surface area contributed by atoms with Crippen LogP contribution in [-0.4, -0.2) is 39.3 Å². The van der Waals surface area contributed by atoms with E-state index in [4.69, 9.17) is 4.74 Å². The Balaban J connectivity index is 1.43. The molecule has 0 aliphatic heterocycles. The molecule has 2 rings (SSSR count). The lowest BCUT2D eigenvalue weighted by Crippen LogP contribution is -2.38. The fourth-order valence-electron chi connectivity index (χ4n) is 2.84. The van der Waals surface area contributed by atoms with Crippen LogP contribution in [0.1, 0.15) is 30.4 Å². The van der Waals surface area contributed by atoms with Crippen molar-refractivity contribution in [3.63, 3.8) is 0 Å². The highest BCUT2D eigenvalue weighted by Crippen LogP contribution is 2.01. The molecule has 4 heteroatoms. The molecule has 4 nitrogen and oxygen atoms in total. The zero-order chi connectivity index (χ0) is 19.0. The highest BCUT2D eigenvalue weighted by atomic mass is 16.5. The Morgan fingerprint density at radius 2 is 1.33 bits per heavy atom. The summed E-state index contributed by atoms with van der Waals surface area (Å²) in [6.07, 6.45) is 5.31. The minimum absolute atomic E-state index is 0.794. The van der Waals surface area contributed by atoms with Gasteiger partial charge in [-0.15, -0.1) is 0 Å². The van der Waals surface area contributed by atoms with E-state index < -0.39 is 0 Å². The number of benzene rings is 2. The predicted octanol–water partition coefficient (Wildman–Crippen LogP) is 3.82. The van der Waals surface area contributed by atoms with E-state index in [-0.39, 0.29) is 0 Å². The molecule has 0 fully saturated rings. The van der Waals surface area contributed by atoms with Crippen LogP contribution < -0.4 is 10.6 Å². The summed E-state index contributed by atoms with van der Waals surface area (Å²) >= 11 is 0. The van der Waals surface area contributed by atoms with Gasteiger partial charge in [-0.25, -0.2) is 0 Å². The summed E-state index contributed by atoms with van der Waals surface area (Å²) in [6.45, 7) is 3.46. The highest BCUT2D eigenvalue weighted by Gasteiger charge is 1.98. The van der Waals surface area contributed by atoms with E-state index in [0.29, 0.717) is 0 Å². The SMILES string of the molecule is CN=C(NCCCCOCCc1ccccc1)NCCCc1ccccc1. The molecule has 2 aromatic carbocycles. The van der Waals surface area contributed by atoms with Crippen molar-refractivity contribution in [2.24, 2.45) is 4.99 Å². The van der Waals surface area contributed by atoms with Gasteiger partial charge in [0.05, 0.1) is 6.61 Å². The number of ether oxygens (including phenoxy) is 1. The zero-order valence-corrected chi connectivity index (χ0v) is 16.5. The third-order valence-corrected chi connectivity index (χ3v) is 4.39. The molecule has 2 N–H and O–H groups in total. The predicted molar refractivity (Wildman–Crippen MR) is 114 cm³/mol. The van der Waals surface area contributed by atoms with Gasteiger partial charge in [0.1, 0.15) is 0 Å². The maximum atomic E-state index is 5.72. The van der Waals surface area contributed by atoms with E-state index in [1.165, 1.54) is 11.1 Å². The average molecular weight is 368 g/mol. The Morgan fingerprint density at radius 1 is 0.741 bits per heavy atom. The lowest BCUT2D eigenvalue weighted by atomic mass is 10.1. The van der Waals surface area contributed by atoms with E-state index in [2.05, 4.69) is 70.2 Å². The number of hydrogen-bond donors (Lipinski definition) is 2. The second-order valence-corrected chi connectivity index (χ2v) is 6.57. The molecule has 2 aromatic rings. The number of nitrogens with zero attached hydrogens (tertiary/aromatic N) is 1. The summed E-state index contributed by atoms with van der Waals surface area (Å²) < 4.78 is 5.72. The summed E-state index contributed by atoms with van der Waals surface area (Å²) in [5, 5.41) is 6.74. The monoisotopic (exact) mass is 367 g/mol. The minimum atomic E-state index is 0.794. The first-order valence-electron chi connectivity index (χ1n) is 9.98. The molecule has 0 saturated heterocycles. The average Bonchev–Trinajstić information content (AvgIpc) is 2.73. The van der Waals surface area contributed by atoms with E-state index >= 15 is 0 Å². The summed E-state index contributed by atoms with van der Waals surface area (Å²) in [5.74, 6) is 0.882. The Hall–Kier alpha value is -2.33. The quantitative estimate of drug-likeness (QED) is 0.340. The van der Waals surface area contributed by atoms with Crippen LogP contribution in [0.25, 0.3) is 0 Å². The van der Waals surface area contributed by atoms with Crippen LogP contribution in [0.2, 0.25) is 0 Å². The van der Waals surface area contributed by atoms with Crippen LogP contribution in [-0.2, 0) is 17.6 Å². The first-order chi connectivity index (χ1) is 13.4. The Bertz CT molecular complexity index is 629. The molecule has 0 saturated carbocycles. The Kier molecular flexibility index (Phi) is 10.7. The van der Waals surface area contributed by atoms with Crippen molar-refractivity contribution < 1.29 is 4.74 Å². The Labute approximate surface area is 164 Å². The molecule has 0 aromatic heterocycles.